The van der Waals surface area contributed by atoms with Gasteiger partial charge < -0.3 is 5.11 Å². The van der Waals surface area contributed by atoms with Crippen LogP contribution in [0.4, 0.5) is 0 Å². The van der Waals surface area contributed by atoms with E-state index in [0.29, 0.717) is 60.6 Å². The molecule has 0 amide bonds. The standard InChI is InChI=1S/C27H46O6S/c1-16(2)24(33-34(30,31)32)9-6-17(3)20-7-8-21-25-22(11-13-27(20,21)5)26(4)12-10-19(28)14-18(26)15-23(25)29/h16-18,20-25,29H,6-15H2,1-5H3,(H,30,31,32)/t17-,18?,20?,21?,22?,23?,24+,25?,26-,27+/m0/s1. The number of rotatable bonds is 7. The van der Waals surface area contributed by atoms with E-state index in [2.05, 4.69) is 20.8 Å². The molecular weight excluding hydrogens is 452 g/mol. The Bertz CT molecular complexity index is 870. The summed E-state index contributed by atoms with van der Waals surface area (Å²) in [6, 6.07) is 0. The number of ketones is 1. The van der Waals surface area contributed by atoms with E-state index in [1.165, 1.54) is 6.42 Å². The molecule has 0 bridgehead atoms. The van der Waals surface area contributed by atoms with Crippen molar-refractivity contribution in [1.82, 2.24) is 0 Å². The highest BCUT2D eigenvalue weighted by Crippen LogP contribution is 2.68. The first-order valence-electron chi connectivity index (χ1n) is 13.6. The molecule has 0 aliphatic heterocycles. The van der Waals surface area contributed by atoms with E-state index in [4.69, 9.17) is 8.74 Å². The molecule has 10 atom stereocenters. The Kier molecular flexibility index (Phi) is 7.36. The molecule has 4 saturated carbocycles. The molecule has 196 valence electrons. The van der Waals surface area contributed by atoms with Crippen LogP contribution in [0, 0.1) is 52.3 Å². The van der Waals surface area contributed by atoms with Crippen molar-refractivity contribution in [3.8, 4) is 0 Å². The van der Waals surface area contributed by atoms with Crippen LogP contribution in [-0.2, 0) is 19.4 Å². The quantitative estimate of drug-likeness (QED) is 0.453. The molecule has 4 aliphatic carbocycles. The zero-order chi connectivity index (χ0) is 25.1. The largest absolute Gasteiger partial charge is 0.397 e. The SMILES string of the molecule is CC(C)[C@@H](CC[C@H](C)C1CCC2C3C(O)CC4CC(=O)CC[C@]4(C)C3CC[C@@]21C)OS(=O)(=O)O. The number of carbonyl (C=O) groups is 1. The Morgan fingerprint density at radius 1 is 1.03 bits per heavy atom. The van der Waals surface area contributed by atoms with Gasteiger partial charge in [0.05, 0.1) is 12.2 Å². The highest BCUT2D eigenvalue weighted by molar-refractivity contribution is 7.80. The van der Waals surface area contributed by atoms with Crippen molar-refractivity contribution in [3.05, 3.63) is 0 Å². The predicted molar refractivity (Wildman–Crippen MR) is 131 cm³/mol. The lowest BCUT2D eigenvalue weighted by molar-refractivity contribution is -0.169. The number of carbonyl (C=O) groups excluding carboxylic acids is 1. The van der Waals surface area contributed by atoms with Crippen molar-refractivity contribution >= 4 is 16.2 Å². The average molecular weight is 499 g/mol. The van der Waals surface area contributed by atoms with Gasteiger partial charge in [0.2, 0.25) is 0 Å². The molecule has 6 nitrogen and oxygen atoms in total. The number of Topliss-reactive ketones (excluding diaryl/α,β-unsaturated/α-hetero) is 1. The molecule has 2 N–H and O–H groups in total. The minimum absolute atomic E-state index is 0.00456. The highest BCUT2D eigenvalue weighted by Gasteiger charge is 2.62. The number of hydrogen-bond acceptors (Lipinski definition) is 5. The van der Waals surface area contributed by atoms with E-state index in [0.717, 1.165) is 38.5 Å². The van der Waals surface area contributed by atoms with Gasteiger partial charge in [-0.25, -0.2) is 4.18 Å². The molecule has 0 aromatic rings. The van der Waals surface area contributed by atoms with Gasteiger partial charge in [-0.2, -0.15) is 8.42 Å². The molecule has 4 rings (SSSR count). The zero-order valence-electron chi connectivity index (χ0n) is 21.7. The monoisotopic (exact) mass is 498 g/mol. The topological polar surface area (TPSA) is 101 Å². The molecule has 0 heterocycles. The van der Waals surface area contributed by atoms with Gasteiger partial charge in [-0.3, -0.25) is 9.35 Å². The maximum atomic E-state index is 12.2. The minimum atomic E-state index is -4.45. The molecule has 0 spiro atoms. The molecule has 0 saturated heterocycles. The van der Waals surface area contributed by atoms with Gasteiger partial charge in [-0.1, -0.05) is 34.6 Å². The summed E-state index contributed by atoms with van der Waals surface area (Å²) in [7, 11) is -4.45. The Labute approximate surface area is 206 Å². The fourth-order valence-electron chi connectivity index (χ4n) is 9.27. The summed E-state index contributed by atoms with van der Waals surface area (Å²) in [5.74, 6) is 3.04. The summed E-state index contributed by atoms with van der Waals surface area (Å²) in [6.45, 7) is 11.0. The third-order valence-corrected chi connectivity index (χ3v) is 11.6. The molecule has 0 radical (unpaired) electrons. The van der Waals surface area contributed by atoms with Crippen LogP contribution in [-0.4, -0.2) is 36.1 Å². The van der Waals surface area contributed by atoms with E-state index in [1.807, 2.05) is 13.8 Å². The van der Waals surface area contributed by atoms with Crippen molar-refractivity contribution in [2.45, 2.75) is 111 Å². The second kappa shape index (κ2) is 9.42. The maximum Gasteiger partial charge on any atom is 0.397 e. The van der Waals surface area contributed by atoms with Gasteiger partial charge in [0.15, 0.2) is 0 Å². The van der Waals surface area contributed by atoms with Crippen LogP contribution in [0.3, 0.4) is 0 Å². The molecular formula is C27H46O6S. The Balaban J connectivity index is 1.47. The van der Waals surface area contributed by atoms with Crippen LogP contribution in [0.1, 0.15) is 98.8 Å². The normalized spacial score (nSPS) is 44.3. The van der Waals surface area contributed by atoms with Gasteiger partial charge in [0, 0.05) is 12.8 Å². The Morgan fingerprint density at radius 2 is 1.71 bits per heavy atom. The smallest absolute Gasteiger partial charge is 0.393 e. The van der Waals surface area contributed by atoms with Crippen LogP contribution < -0.4 is 0 Å². The fraction of sp³-hybridized carbons (Fsp3) is 0.963. The lowest BCUT2D eigenvalue weighted by Gasteiger charge is -2.62. The second-order valence-electron chi connectivity index (χ2n) is 13.1. The molecule has 34 heavy (non-hydrogen) atoms. The van der Waals surface area contributed by atoms with Gasteiger partial charge >= 0.3 is 10.4 Å². The minimum Gasteiger partial charge on any atom is -0.393 e. The van der Waals surface area contributed by atoms with Crippen molar-refractivity contribution in [3.63, 3.8) is 0 Å². The Morgan fingerprint density at radius 3 is 2.35 bits per heavy atom. The van der Waals surface area contributed by atoms with Crippen LogP contribution in [0.2, 0.25) is 0 Å². The number of aliphatic hydroxyl groups is 1. The summed E-state index contributed by atoms with van der Waals surface area (Å²) in [6.07, 6.45) is 8.40. The molecule has 0 aromatic carbocycles. The average Bonchev–Trinajstić information content (AvgIpc) is 3.08. The van der Waals surface area contributed by atoms with E-state index < -0.39 is 16.5 Å². The summed E-state index contributed by atoms with van der Waals surface area (Å²) < 4.78 is 36.7. The van der Waals surface area contributed by atoms with E-state index in [1.54, 1.807) is 0 Å². The molecule has 7 heteroatoms. The van der Waals surface area contributed by atoms with Gasteiger partial charge in [-0.05, 0) is 104 Å². The zero-order valence-corrected chi connectivity index (χ0v) is 22.5. The first kappa shape index (κ1) is 26.6. The van der Waals surface area contributed by atoms with Gasteiger partial charge in [0.1, 0.15) is 5.78 Å². The third kappa shape index (κ3) is 4.76. The summed E-state index contributed by atoms with van der Waals surface area (Å²) in [5, 5.41) is 11.4. The number of aliphatic hydroxyl groups excluding tert-OH is 1. The maximum absolute atomic E-state index is 12.2. The van der Waals surface area contributed by atoms with Crippen molar-refractivity contribution in [1.29, 1.82) is 0 Å². The first-order chi connectivity index (χ1) is 15.8. The lowest BCUT2D eigenvalue weighted by Crippen LogP contribution is -2.58. The van der Waals surface area contributed by atoms with Crippen molar-refractivity contribution in [2.24, 2.45) is 52.3 Å². The van der Waals surface area contributed by atoms with Gasteiger partial charge in [-0.15, -0.1) is 0 Å². The molecule has 6 unspecified atom stereocenters. The predicted octanol–water partition coefficient (Wildman–Crippen LogP) is 5.45. The summed E-state index contributed by atoms with van der Waals surface area (Å²) in [5.41, 5.74) is 0.368. The Hall–Kier alpha value is -0.500. The van der Waals surface area contributed by atoms with Crippen molar-refractivity contribution in [2.75, 3.05) is 0 Å². The highest BCUT2D eigenvalue weighted by atomic mass is 32.3. The molecule has 4 aliphatic rings. The van der Waals surface area contributed by atoms with Crippen LogP contribution >= 0.6 is 0 Å². The first-order valence-corrected chi connectivity index (χ1v) is 15.0. The van der Waals surface area contributed by atoms with E-state index in [-0.39, 0.29) is 22.9 Å². The third-order valence-electron chi connectivity index (χ3n) is 11.2. The number of fused-ring (bicyclic) bond motifs is 5. The lowest BCUT2D eigenvalue weighted by atomic mass is 9.44. The molecule has 0 aromatic heterocycles. The number of hydrogen-bond donors (Lipinski definition) is 2. The van der Waals surface area contributed by atoms with E-state index >= 15 is 0 Å². The fourth-order valence-corrected chi connectivity index (χ4v) is 9.90. The van der Waals surface area contributed by atoms with Crippen LogP contribution in [0.15, 0.2) is 0 Å². The van der Waals surface area contributed by atoms with Crippen LogP contribution in [0.5, 0.6) is 0 Å². The molecule has 4 fully saturated rings. The van der Waals surface area contributed by atoms with Crippen LogP contribution in [0.25, 0.3) is 0 Å². The summed E-state index contributed by atoms with van der Waals surface area (Å²) >= 11 is 0. The van der Waals surface area contributed by atoms with Gasteiger partial charge in [0.25, 0.3) is 0 Å². The van der Waals surface area contributed by atoms with Crippen molar-refractivity contribution < 1.29 is 27.1 Å². The summed E-state index contributed by atoms with van der Waals surface area (Å²) in [4.78, 5) is 12.2. The van der Waals surface area contributed by atoms with E-state index in [9.17, 15) is 18.3 Å². The second-order valence-corrected chi connectivity index (χ2v) is 14.2.